The van der Waals surface area contributed by atoms with Crippen molar-refractivity contribution >= 4 is 5.69 Å². The van der Waals surface area contributed by atoms with Gasteiger partial charge in [0.05, 0.1) is 0 Å². The Morgan fingerprint density at radius 1 is 1.27 bits per heavy atom. The van der Waals surface area contributed by atoms with Gasteiger partial charge < -0.3 is 10.6 Å². The van der Waals surface area contributed by atoms with E-state index in [1.807, 2.05) is 12.1 Å². The second kappa shape index (κ2) is 6.03. The molecule has 0 bridgehead atoms. The molecule has 0 heterocycles. The molecule has 0 aliphatic heterocycles. The summed E-state index contributed by atoms with van der Waals surface area (Å²) in [5.74, 6) is 0. The Bertz CT molecular complexity index is 218. The average Bonchev–Trinajstić information content (AvgIpc) is 2.05. The fourth-order valence-electron chi connectivity index (χ4n) is 0.798. The molecule has 0 radical (unpaired) electrons. The van der Waals surface area contributed by atoms with E-state index in [0.717, 1.165) is 6.42 Å². The van der Waals surface area contributed by atoms with Gasteiger partial charge >= 0.3 is 51.4 Å². The van der Waals surface area contributed by atoms with E-state index in [2.05, 4.69) is 12.0 Å². The van der Waals surface area contributed by atoms with Crippen molar-refractivity contribution in [1.29, 1.82) is 0 Å². The minimum Gasteiger partial charge on any atom is -0.706 e. The van der Waals surface area contributed by atoms with Crippen molar-refractivity contribution in [2.75, 3.05) is 0 Å². The first-order valence-corrected chi connectivity index (χ1v) is 3.31. The van der Waals surface area contributed by atoms with E-state index in [1.54, 1.807) is 12.1 Å². The second-order valence-electron chi connectivity index (χ2n) is 2.12. The van der Waals surface area contributed by atoms with Crippen molar-refractivity contribution in [2.24, 2.45) is 5.11 Å². The zero-order chi connectivity index (χ0) is 7.40. The van der Waals surface area contributed by atoms with Gasteiger partial charge in [-0.1, -0.05) is 19.1 Å². The Labute approximate surface area is 109 Å². The first-order chi connectivity index (χ1) is 4.86. The molecular formula is C8H9KN2. The number of benzene rings is 1. The summed E-state index contributed by atoms with van der Waals surface area (Å²) in [6.07, 6.45) is 1.02. The third-order valence-electron chi connectivity index (χ3n) is 1.46. The van der Waals surface area contributed by atoms with E-state index in [9.17, 15) is 0 Å². The van der Waals surface area contributed by atoms with Gasteiger partial charge in [-0.2, -0.15) is 0 Å². The largest absolute Gasteiger partial charge is 1.00 e. The van der Waals surface area contributed by atoms with Gasteiger partial charge in [-0.15, -0.1) is 0 Å². The number of nitrogens with zero attached hydrogens (tertiary/aromatic N) is 2. The molecule has 0 unspecified atom stereocenters. The van der Waals surface area contributed by atoms with Crippen LogP contribution < -0.4 is 51.4 Å². The van der Waals surface area contributed by atoms with Crippen LogP contribution in [0.5, 0.6) is 0 Å². The maximum Gasteiger partial charge on any atom is 1.00 e. The average molecular weight is 172 g/mol. The molecule has 2 nitrogen and oxygen atoms in total. The van der Waals surface area contributed by atoms with E-state index >= 15 is 0 Å². The van der Waals surface area contributed by atoms with E-state index in [1.165, 1.54) is 5.56 Å². The summed E-state index contributed by atoms with van der Waals surface area (Å²) in [5, 5.41) is 3.05. The topological polar surface area (TPSA) is 34.7 Å². The van der Waals surface area contributed by atoms with Crippen molar-refractivity contribution in [2.45, 2.75) is 13.3 Å². The minimum atomic E-state index is 0. The van der Waals surface area contributed by atoms with E-state index in [0.29, 0.717) is 5.69 Å². The van der Waals surface area contributed by atoms with E-state index < -0.39 is 0 Å². The summed E-state index contributed by atoms with van der Waals surface area (Å²) in [7, 11) is 0. The van der Waals surface area contributed by atoms with Gasteiger partial charge in [0.15, 0.2) is 0 Å². The van der Waals surface area contributed by atoms with Crippen LogP contribution >= 0.6 is 0 Å². The molecule has 1 aromatic rings. The standard InChI is InChI=1S/C8H9N2.K/c1-2-7-3-5-8(10-9)6-4-7;/h3-6H,2H2,1H3;/q-1;+1. The van der Waals surface area contributed by atoms with Crippen LogP contribution in [0.3, 0.4) is 0 Å². The van der Waals surface area contributed by atoms with Crippen molar-refractivity contribution in [3.8, 4) is 0 Å². The summed E-state index contributed by atoms with van der Waals surface area (Å²) in [6, 6.07) is 7.49. The van der Waals surface area contributed by atoms with Gasteiger partial charge in [0.1, 0.15) is 0 Å². The Balaban J connectivity index is 0.000001000. The Morgan fingerprint density at radius 3 is 2.18 bits per heavy atom. The first kappa shape index (κ1) is 11.5. The third kappa shape index (κ3) is 3.58. The third-order valence-corrected chi connectivity index (χ3v) is 1.46. The van der Waals surface area contributed by atoms with Gasteiger partial charge in [-0.3, -0.25) is 0 Å². The number of rotatable bonds is 2. The molecule has 0 N–H and O–H groups in total. The molecule has 0 amide bonds. The SMILES string of the molecule is CCc1ccc(N=[N-])cc1.[K+]. The maximum atomic E-state index is 8.33. The summed E-state index contributed by atoms with van der Waals surface area (Å²) >= 11 is 0. The molecular weight excluding hydrogens is 163 g/mol. The Hall–Kier alpha value is 0.456. The zero-order valence-electron chi connectivity index (χ0n) is 6.91. The van der Waals surface area contributed by atoms with Crippen molar-refractivity contribution in [3.63, 3.8) is 0 Å². The molecule has 3 heteroatoms. The number of hydrogen-bond acceptors (Lipinski definition) is 1. The quantitative estimate of drug-likeness (QED) is 0.441. The molecule has 1 rings (SSSR count). The molecule has 0 aromatic heterocycles. The summed E-state index contributed by atoms with van der Waals surface area (Å²) in [5.41, 5.74) is 10.2. The van der Waals surface area contributed by atoms with Crippen LogP contribution in [0.2, 0.25) is 0 Å². The molecule has 1 aromatic carbocycles. The van der Waals surface area contributed by atoms with Crippen LogP contribution in [0.4, 0.5) is 5.69 Å². The molecule has 0 aliphatic rings. The van der Waals surface area contributed by atoms with Crippen LogP contribution in [0, 0.1) is 0 Å². The summed E-state index contributed by atoms with van der Waals surface area (Å²) in [4.78, 5) is 0. The van der Waals surface area contributed by atoms with Crippen LogP contribution in [0.15, 0.2) is 29.4 Å². The van der Waals surface area contributed by atoms with E-state index in [-0.39, 0.29) is 51.4 Å². The molecule has 0 saturated heterocycles. The van der Waals surface area contributed by atoms with Crippen molar-refractivity contribution < 1.29 is 51.4 Å². The van der Waals surface area contributed by atoms with Crippen LogP contribution in [0.1, 0.15) is 12.5 Å². The Kier molecular flexibility index (Phi) is 6.28. The van der Waals surface area contributed by atoms with Crippen LogP contribution in [0.25, 0.3) is 5.53 Å². The molecule has 0 fully saturated rings. The van der Waals surface area contributed by atoms with Crippen molar-refractivity contribution in [1.82, 2.24) is 0 Å². The molecule has 0 spiro atoms. The molecule has 52 valence electrons. The first-order valence-electron chi connectivity index (χ1n) is 3.31. The van der Waals surface area contributed by atoms with E-state index in [4.69, 9.17) is 5.53 Å². The van der Waals surface area contributed by atoms with Gasteiger partial charge in [0.25, 0.3) is 0 Å². The van der Waals surface area contributed by atoms with Crippen LogP contribution in [-0.2, 0) is 6.42 Å². The molecule has 0 aliphatic carbocycles. The van der Waals surface area contributed by atoms with Gasteiger partial charge in [-0.05, 0) is 24.1 Å². The minimum absolute atomic E-state index is 0. The van der Waals surface area contributed by atoms with Crippen LogP contribution in [-0.4, -0.2) is 0 Å². The fourth-order valence-corrected chi connectivity index (χ4v) is 0.798. The van der Waals surface area contributed by atoms with Gasteiger partial charge in [-0.25, -0.2) is 0 Å². The van der Waals surface area contributed by atoms with Crippen molar-refractivity contribution in [3.05, 3.63) is 35.4 Å². The predicted octanol–water partition coefficient (Wildman–Crippen LogP) is -0.0939. The predicted molar refractivity (Wildman–Crippen MR) is 41.3 cm³/mol. The van der Waals surface area contributed by atoms with Gasteiger partial charge in [0.2, 0.25) is 0 Å². The summed E-state index contributed by atoms with van der Waals surface area (Å²) < 4.78 is 0. The monoisotopic (exact) mass is 172 g/mol. The number of aryl methyl sites for hydroxylation is 1. The van der Waals surface area contributed by atoms with Gasteiger partial charge in [0, 0.05) is 5.69 Å². The summed E-state index contributed by atoms with van der Waals surface area (Å²) in [6.45, 7) is 2.09. The Morgan fingerprint density at radius 2 is 1.82 bits per heavy atom. The normalized spacial score (nSPS) is 8.45. The number of hydrogen-bond donors (Lipinski definition) is 0. The molecule has 11 heavy (non-hydrogen) atoms. The maximum absolute atomic E-state index is 8.33. The molecule has 0 saturated carbocycles. The molecule has 0 atom stereocenters. The smallest absolute Gasteiger partial charge is 0.706 e. The fraction of sp³-hybridized carbons (Fsp3) is 0.250. The second-order valence-corrected chi connectivity index (χ2v) is 2.12. The zero-order valence-corrected chi connectivity index (χ0v) is 10.0.